The molecule has 0 aliphatic carbocycles. The van der Waals surface area contributed by atoms with E-state index in [4.69, 9.17) is 37.5 Å². The van der Waals surface area contributed by atoms with Gasteiger partial charge in [0.15, 0.2) is 0 Å². The van der Waals surface area contributed by atoms with Gasteiger partial charge in [-0.3, -0.25) is 4.79 Å². The first-order chi connectivity index (χ1) is 15.0. The quantitative estimate of drug-likeness (QED) is 0.686. The predicted molar refractivity (Wildman–Crippen MR) is 120 cm³/mol. The number of amides is 1. The molecule has 0 bridgehead atoms. The van der Waals surface area contributed by atoms with Crippen LogP contribution in [-0.2, 0) is 21.0 Å². The topological polar surface area (TPSA) is 60.0 Å². The van der Waals surface area contributed by atoms with Crippen LogP contribution >= 0.6 is 23.2 Å². The van der Waals surface area contributed by atoms with Crippen LogP contribution in [-0.4, -0.2) is 43.8 Å². The van der Waals surface area contributed by atoms with Gasteiger partial charge in [0.25, 0.3) is 5.91 Å². The van der Waals surface area contributed by atoms with Crippen LogP contribution in [0.15, 0.2) is 48.2 Å². The van der Waals surface area contributed by atoms with Gasteiger partial charge in [-0.15, -0.1) is 0 Å². The minimum absolute atomic E-state index is 0.195. The van der Waals surface area contributed by atoms with Crippen LogP contribution in [0.2, 0.25) is 10.0 Å². The summed E-state index contributed by atoms with van der Waals surface area (Å²) in [6, 6.07) is 12.8. The van der Waals surface area contributed by atoms with Crippen molar-refractivity contribution in [1.82, 2.24) is 10.4 Å². The number of nitrogens with zero attached hydrogens (tertiary/aromatic N) is 1. The molecule has 164 valence electrons. The Kier molecular flexibility index (Phi) is 6.44. The molecule has 1 spiro atoms. The molecule has 4 rings (SSSR count). The van der Waals surface area contributed by atoms with E-state index in [1.165, 1.54) is 0 Å². The fraction of sp³-hybridized carbons (Fsp3) is 0.348. The number of hydroxylamine groups is 2. The molecule has 1 N–H and O–H groups in total. The molecule has 0 unspecified atom stereocenters. The van der Waals surface area contributed by atoms with Gasteiger partial charge < -0.3 is 19.6 Å². The molecule has 1 amide bonds. The van der Waals surface area contributed by atoms with E-state index < -0.39 is 5.54 Å². The normalized spacial score (nSPS) is 18.4. The summed E-state index contributed by atoms with van der Waals surface area (Å²) >= 11 is 12.5. The first-order valence-electron chi connectivity index (χ1n) is 10.0. The minimum Gasteiger partial charge on any atom is -0.497 e. The fourth-order valence-electron chi connectivity index (χ4n) is 4.11. The van der Waals surface area contributed by atoms with E-state index in [-0.39, 0.29) is 5.91 Å². The van der Waals surface area contributed by atoms with E-state index in [0.717, 1.165) is 11.3 Å². The van der Waals surface area contributed by atoms with Crippen LogP contribution in [0.3, 0.4) is 0 Å². The summed E-state index contributed by atoms with van der Waals surface area (Å²) in [5, 5.41) is 5.98. The monoisotopic (exact) mass is 462 g/mol. The van der Waals surface area contributed by atoms with Crippen molar-refractivity contribution in [3.05, 3.63) is 69.4 Å². The van der Waals surface area contributed by atoms with Gasteiger partial charge in [0.05, 0.1) is 24.8 Å². The van der Waals surface area contributed by atoms with Gasteiger partial charge in [0.2, 0.25) is 0 Å². The molecule has 2 aliphatic heterocycles. The number of hydrogen-bond acceptors (Lipinski definition) is 5. The molecule has 0 radical (unpaired) electrons. The van der Waals surface area contributed by atoms with E-state index in [0.29, 0.717) is 59.5 Å². The highest BCUT2D eigenvalue weighted by atomic mass is 35.5. The van der Waals surface area contributed by atoms with Gasteiger partial charge in [-0.1, -0.05) is 41.4 Å². The van der Waals surface area contributed by atoms with Crippen molar-refractivity contribution in [2.75, 3.05) is 27.3 Å². The number of ether oxygens (including phenoxy) is 2. The Morgan fingerprint density at radius 2 is 1.77 bits per heavy atom. The number of piperidine rings is 1. The Labute approximate surface area is 191 Å². The minimum atomic E-state index is -0.600. The van der Waals surface area contributed by atoms with Crippen LogP contribution in [0.4, 0.5) is 0 Å². The third-order valence-corrected chi connectivity index (χ3v) is 6.37. The predicted octanol–water partition coefficient (Wildman–Crippen LogP) is 4.46. The number of carbonyl (C=O) groups is 1. The summed E-state index contributed by atoms with van der Waals surface area (Å²) in [6.07, 6.45) is 1.33. The molecular weight excluding hydrogens is 439 g/mol. The zero-order valence-electron chi connectivity index (χ0n) is 17.4. The highest BCUT2D eigenvalue weighted by Crippen LogP contribution is 2.43. The number of carbonyl (C=O) groups excluding carboxylic acids is 1. The Bertz CT molecular complexity index is 999. The van der Waals surface area contributed by atoms with E-state index in [1.807, 2.05) is 29.3 Å². The van der Waals surface area contributed by atoms with E-state index >= 15 is 0 Å². The van der Waals surface area contributed by atoms with Gasteiger partial charge in [-0.05, 0) is 42.7 Å². The maximum Gasteiger partial charge on any atom is 0.256 e. The molecule has 0 aromatic heterocycles. The zero-order valence-corrected chi connectivity index (χ0v) is 18.9. The molecule has 31 heavy (non-hydrogen) atoms. The van der Waals surface area contributed by atoms with Gasteiger partial charge in [0.1, 0.15) is 23.7 Å². The van der Waals surface area contributed by atoms with Crippen molar-refractivity contribution in [2.24, 2.45) is 0 Å². The number of methoxy groups -OCH3 is 1. The number of benzene rings is 2. The Balaban J connectivity index is 1.71. The average Bonchev–Trinajstić information content (AvgIpc) is 3.03. The molecule has 2 aliphatic rings. The van der Waals surface area contributed by atoms with Crippen molar-refractivity contribution in [3.8, 4) is 5.75 Å². The van der Waals surface area contributed by atoms with Crippen molar-refractivity contribution in [2.45, 2.75) is 25.0 Å². The van der Waals surface area contributed by atoms with Crippen molar-refractivity contribution >= 4 is 34.7 Å². The van der Waals surface area contributed by atoms with Crippen molar-refractivity contribution in [3.63, 3.8) is 0 Å². The Morgan fingerprint density at radius 3 is 2.39 bits per heavy atom. The summed E-state index contributed by atoms with van der Waals surface area (Å²) in [6.45, 7) is 1.67. The number of hydrogen-bond donors (Lipinski definition) is 1. The van der Waals surface area contributed by atoms with Gasteiger partial charge in [-0.2, -0.15) is 5.06 Å². The third kappa shape index (κ3) is 4.39. The summed E-state index contributed by atoms with van der Waals surface area (Å²) in [5.41, 5.74) is 1.44. The van der Waals surface area contributed by atoms with E-state index in [9.17, 15) is 4.79 Å². The lowest BCUT2D eigenvalue weighted by Gasteiger charge is -2.39. The summed E-state index contributed by atoms with van der Waals surface area (Å²) in [4.78, 5) is 18.5. The van der Waals surface area contributed by atoms with Gasteiger partial charge in [-0.25, -0.2) is 0 Å². The first kappa shape index (κ1) is 22.0. The smallest absolute Gasteiger partial charge is 0.256 e. The van der Waals surface area contributed by atoms with E-state index in [1.54, 1.807) is 32.4 Å². The SMILES string of the molecule is COc1ccc(COC2=C(c3ccc(Cl)cc3Cl)C(=O)NC23CCN(OC)CC3)cc1. The molecule has 6 nitrogen and oxygen atoms in total. The molecule has 1 fully saturated rings. The van der Waals surface area contributed by atoms with Crippen LogP contribution in [0.1, 0.15) is 24.0 Å². The molecule has 2 aromatic carbocycles. The molecule has 0 saturated carbocycles. The standard InChI is InChI=1S/C23H24Cl2N2O4/c1-29-17-6-3-15(4-7-17)14-31-21-20(18-8-5-16(24)13-19(18)25)22(28)26-23(21)9-11-27(30-2)12-10-23/h3-8,13H,9-12,14H2,1-2H3,(H,26,28). The second-order valence-electron chi connectivity index (χ2n) is 7.61. The summed E-state index contributed by atoms with van der Waals surface area (Å²) < 4.78 is 11.6. The molecule has 0 atom stereocenters. The maximum absolute atomic E-state index is 13.1. The number of halogens is 2. The second-order valence-corrected chi connectivity index (χ2v) is 8.46. The molecule has 1 saturated heterocycles. The molecule has 2 aromatic rings. The Morgan fingerprint density at radius 1 is 1.06 bits per heavy atom. The van der Waals surface area contributed by atoms with Gasteiger partial charge >= 0.3 is 0 Å². The average molecular weight is 463 g/mol. The van der Waals surface area contributed by atoms with Crippen LogP contribution in [0.5, 0.6) is 5.75 Å². The van der Waals surface area contributed by atoms with Crippen molar-refractivity contribution < 1.29 is 19.1 Å². The number of rotatable bonds is 6. The fourth-order valence-corrected chi connectivity index (χ4v) is 4.61. The molecule has 2 heterocycles. The van der Waals surface area contributed by atoms with Crippen LogP contribution in [0, 0.1) is 0 Å². The lowest BCUT2D eigenvalue weighted by molar-refractivity contribution is -0.153. The third-order valence-electron chi connectivity index (χ3n) is 5.82. The van der Waals surface area contributed by atoms with E-state index in [2.05, 4.69) is 5.32 Å². The van der Waals surface area contributed by atoms with Crippen LogP contribution in [0.25, 0.3) is 5.57 Å². The summed E-state index contributed by atoms with van der Waals surface area (Å²) in [5.74, 6) is 1.20. The lowest BCUT2D eigenvalue weighted by atomic mass is 9.86. The van der Waals surface area contributed by atoms with Crippen molar-refractivity contribution in [1.29, 1.82) is 0 Å². The Hall–Kier alpha value is -2.25. The first-order valence-corrected chi connectivity index (χ1v) is 10.8. The maximum atomic E-state index is 13.1. The largest absolute Gasteiger partial charge is 0.497 e. The lowest BCUT2D eigenvalue weighted by Crippen LogP contribution is -2.53. The second kappa shape index (κ2) is 9.09. The zero-order chi connectivity index (χ0) is 22.0. The number of nitrogens with one attached hydrogen (secondary N) is 1. The highest BCUT2D eigenvalue weighted by Gasteiger charge is 2.49. The molecule has 8 heteroatoms. The van der Waals surface area contributed by atoms with Crippen LogP contribution < -0.4 is 10.1 Å². The molecular formula is C23H24Cl2N2O4. The highest BCUT2D eigenvalue weighted by molar-refractivity contribution is 6.38. The summed E-state index contributed by atoms with van der Waals surface area (Å²) in [7, 11) is 3.28. The van der Waals surface area contributed by atoms with Gasteiger partial charge in [0, 0.05) is 23.7 Å².